The molecule has 0 unspecified atom stereocenters. The number of hydrogen-bond donors (Lipinski definition) is 9. The van der Waals surface area contributed by atoms with Gasteiger partial charge < -0.3 is 71.9 Å². The minimum absolute atomic E-state index is 0.0174. The van der Waals surface area contributed by atoms with Crippen molar-refractivity contribution in [3.8, 4) is 0 Å². The van der Waals surface area contributed by atoms with Crippen LogP contribution in [0.15, 0.2) is 66.7 Å². The normalized spacial score (nSPS) is 17.3. The number of aliphatic hydroxyl groups excluding tert-OH is 2. The van der Waals surface area contributed by atoms with Gasteiger partial charge >= 0.3 is 12.1 Å². The second-order valence-electron chi connectivity index (χ2n) is 23.3. The number of amides is 12. The van der Waals surface area contributed by atoms with Crippen LogP contribution in [0, 0.1) is 23.7 Å². The van der Waals surface area contributed by atoms with Crippen LogP contribution in [0.4, 0.5) is 15.3 Å². The average Bonchev–Trinajstić information content (AvgIpc) is 3.25. The predicted molar refractivity (Wildman–Crippen MR) is 327 cm³/mol. The zero-order valence-corrected chi connectivity index (χ0v) is 53.0. The highest BCUT2D eigenvalue weighted by Gasteiger charge is 2.44. The molecule has 4 rings (SSSR count). The Morgan fingerprint density at radius 1 is 0.742 bits per heavy atom. The molecule has 89 heavy (non-hydrogen) atoms. The Labute approximate surface area is 520 Å². The number of ether oxygens (including phenoxy) is 3. The first-order valence-electron chi connectivity index (χ1n) is 30.2. The number of methoxy groups -OCH3 is 2. The summed E-state index contributed by atoms with van der Waals surface area (Å²) in [6, 6.07) is 8.09. The summed E-state index contributed by atoms with van der Waals surface area (Å²) in [5.74, 6) is -7.39. The van der Waals surface area contributed by atoms with Crippen LogP contribution in [0.1, 0.15) is 98.1 Å². The maximum absolute atomic E-state index is 14.6. The van der Waals surface area contributed by atoms with Gasteiger partial charge in [0.05, 0.1) is 55.9 Å². The molecule has 2 aromatic carbocycles. The van der Waals surface area contributed by atoms with Crippen molar-refractivity contribution < 1.29 is 77.2 Å². The number of likely N-dealkylation sites (N-methyl/N-ethyl adjacent to an activating group) is 2. The van der Waals surface area contributed by atoms with Gasteiger partial charge in [-0.2, -0.15) is 0 Å². The van der Waals surface area contributed by atoms with Crippen molar-refractivity contribution in [1.82, 2.24) is 46.2 Å². The highest BCUT2D eigenvalue weighted by molar-refractivity contribution is 6.14. The maximum atomic E-state index is 14.6. The number of nitrogens with two attached hydrogens (primary N) is 1. The number of likely N-dealkylation sites (tertiary alicyclic amines) is 1. The molecule has 2 aromatic rings. The molecular formula is C62H93N11O16. The molecule has 11 atom stereocenters. The minimum atomic E-state index is -1.51. The number of rotatable bonds is 35. The molecule has 12 amide bonds. The molecule has 10 N–H and O–H groups in total. The summed E-state index contributed by atoms with van der Waals surface area (Å²) in [6.45, 7) is 10.8. The van der Waals surface area contributed by atoms with Crippen molar-refractivity contribution in [3.05, 3.63) is 77.9 Å². The molecule has 492 valence electrons. The van der Waals surface area contributed by atoms with E-state index in [0.29, 0.717) is 42.7 Å². The smallest absolute Gasteiger partial charge is 0.410 e. The number of carbonyl (C=O) groups excluding carboxylic acids is 11. The van der Waals surface area contributed by atoms with Crippen LogP contribution in [0.2, 0.25) is 0 Å². The van der Waals surface area contributed by atoms with E-state index in [1.165, 1.54) is 38.3 Å². The van der Waals surface area contributed by atoms with Gasteiger partial charge in [0.2, 0.25) is 41.4 Å². The fraction of sp³-hybridized carbons (Fsp3) is 0.597. The van der Waals surface area contributed by atoms with E-state index in [1.807, 2.05) is 44.2 Å². The first kappa shape index (κ1) is 73.5. The Hall–Kier alpha value is -8.01. The van der Waals surface area contributed by atoms with Gasteiger partial charge in [0.25, 0.3) is 11.8 Å². The quantitative estimate of drug-likeness (QED) is 0.0347. The summed E-state index contributed by atoms with van der Waals surface area (Å²) >= 11 is 0. The van der Waals surface area contributed by atoms with Crippen LogP contribution >= 0.6 is 0 Å². The number of imide groups is 1. The minimum Gasteiger partial charge on any atom is -0.445 e. The lowest BCUT2D eigenvalue weighted by Crippen LogP contribution is -2.60. The number of benzene rings is 2. The van der Waals surface area contributed by atoms with E-state index < -0.39 is 139 Å². The number of aliphatic hydroxyl groups is 2. The summed E-state index contributed by atoms with van der Waals surface area (Å²) in [5, 5.41) is 36.6. The van der Waals surface area contributed by atoms with E-state index in [1.54, 1.807) is 58.7 Å². The Bertz CT molecular complexity index is 2750. The molecule has 0 radical (unpaired) electrons. The molecule has 0 aromatic heterocycles. The monoisotopic (exact) mass is 1250 g/mol. The first-order valence-corrected chi connectivity index (χ1v) is 30.2. The summed E-state index contributed by atoms with van der Waals surface area (Å²) in [7, 11) is 5.80. The number of hydrogen-bond acceptors (Lipinski definition) is 16. The van der Waals surface area contributed by atoms with Gasteiger partial charge in [-0.3, -0.25) is 53.0 Å². The molecular weight excluding hydrogens is 1150 g/mol. The molecule has 1 saturated heterocycles. The lowest BCUT2D eigenvalue weighted by atomic mass is 9.89. The Morgan fingerprint density at radius 3 is 1.94 bits per heavy atom. The molecule has 1 fully saturated rings. The largest absolute Gasteiger partial charge is 0.445 e. The van der Waals surface area contributed by atoms with Crippen LogP contribution in [0.5, 0.6) is 0 Å². The first-order chi connectivity index (χ1) is 42.2. The second kappa shape index (κ2) is 35.9. The Kier molecular flexibility index (Phi) is 29.6. The van der Waals surface area contributed by atoms with Gasteiger partial charge in [-0.1, -0.05) is 97.4 Å². The van der Waals surface area contributed by atoms with E-state index in [2.05, 4.69) is 31.9 Å². The molecule has 0 saturated carbocycles. The maximum Gasteiger partial charge on any atom is 0.410 e. The number of anilines is 1. The molecule has 0 bridgehead atoms. The molecule has 27 nitrogen and oxygen atoms in total. The number of nitrogens with zero attached hydrogens (tertiary/aromatic N) is 4. The molecule has 2 heterocycles. The zero-order valence-electron chi connectivity index (χ0n) is 53.0. The van der Waals surface area contributed by atoms with Crippen LogP contribution < -0.4 is 37.6 Å². The molecule has 0 aliphatic carbocycles. The van der Waals surface area contributed by atoms with Crippen molar-refractivity contribution in [3.63, 3.8) is 0 Å². The van der Waals surface area contributed by atoms with E-state index in [9.17, 15) is 63.0 Å². The molecule has 27 heteroatoms. The van der Waals surface area contributed by atoms with Crippen LogP contribution in [0.3, 0.4) is 0 Å². The van der Waals surface area contributed by atoms with Gasteiger partial charge in [0, 0.05) is 59.2 Å². The summed E-state index contributed by atoms with van der Waals surface area (Å²) in [4.78, 5) is 151. The van der Waals surface area contributed by atoms with E-state index in [-0.39, 0.29) is 62.4 Å². The average molecular weight is 1250 g/mol. The fourth-order valence-corrected chi connectivity index (χ4v) is 10.9. The summed E-state index contributed by atoms with van der Waals surface area (Å²) < 4.78 is 17.5. The third kappa shape index (κ3) is 21.3. The fourth-order valence-electron chi connectivity index (χ4n) is 10.9. The van der Waals surface area contributed by atoms with Gasteiger partial charge in [-0.25, -0.2) is 9.59 Å². The standard InChI is InChI=1S/C62H93N11O16/c1-12-38(6)54(47(87-10)31-51(79)72-29-17-21-45(72)55(88-11)39(7)56(80)66-43(33-74)30-40-18-14-13-15-19-40)71(9)60(84)53(37(4)5)69-58(82)46(34-75)70(8)62(86)89-35-41-22-24-42(25-23-41)65-57(81)44(20-16-28-64-61(63)85)67-59(83)52(36(2)3)68-48(76)32-73-49(77)26-27-50(73)78/h13-15,18-19,22-27,36-39,43-47,52-55,74-75H,12,16-17,20-21,28-35H2,1-11H3,(H,65,81)(H,66,80)(H,67,83)(H,68,76)(H,69,82)(H3,63,64,85)/t38-,39+,43-,44-,45-,46-,47+,52-,53-,54-,55+/m0/s1. The number of nitrogens with one attached hydrogen (secondary N) is 6. The van der Waals surface area contributed by atoms with Crippen molar-refractivity contribution >= 4 is 71.0 Å². The lowest BCUT2D eigenvalue weighted by molar-refractivity contribution is -0.148. The van der Waals surface area contributed by atoms with Crippen molar-refractivity contribution in [2.75, 3.05) is 66.5 Å². The van der Waals surface area contributed by atoms with Crippen LogP contribution in [-0.2, 0) is 70.4 Å². The number of urea groups is 1. The third-order valence-electron chi connectivity index (χ3n) is 16.3. The topological polar surface area (TPSA) is 367 Å². The van der Waals surface area contributed by atoms with Crippen molar-refractivity contribution in [1.29, 1.82) is 0 Å². The van der Waals surface area contributed by atoms with E-state index in [4.69, 9.17) is 19.9 Å². The summed E-state index contributed by atoms with van der Waals surface area (Å²) in [5.41, 5.74) is 6.86. The van der Waals surface area contributed by atoms with Crippen molar-refractivity contribution in [2.24, 2.45) is 29.4 Å². The van der Waals surface area contributed by atoms with Gasteiger partial charge in [-0.15, -0.1) is 0 Å². The molecule has 2 aliphatic heterocycles. The molecule has 2 aliphatic rings. The second-order valence-corrected chi connectivity index (χ2v) is 23.3. The zero-order chi connectivity index (χ0) is 66.2. The van der Waals surface area contributed by atoms with E-state index in [0.717, 1.165) is 22.6 Å². The highest BCUT2D eigenvalue weighted by Crippen LogP contribution is 2.30. The SMILES string of the molecule is CC[C@H](C)[C@@H]([C@@H](CC(=O)N1CCC[C@H]1[C@H](OC)[C@@H](C)C(=O)N[C@H](CO)Cc1ccccc1)OC)N(C)C(=O)[C@@H](NC(=O)[C@H](CO)N(C)C(=O)OCc1ccc(NC(=O)[C@H](CCCNC(N)=O)NC(=O)[C@@H](NC(=O)CN2C(=O)C=CC2=O)C(C)C)cc1)C(C)C. The molecule has 0 spiro atoms. The summed E-state index contributed by atoms with van der Waals surface area (Å²) in [6.07, 6.45) is 1.91. The lowest BCUT2D eigenvalue weighted by Gasteiger charge is -2.41. The predicted octanol–water partition coefficient (Wildman–Crippen LogP) is 1.33. The highest BCUT2D eigenvalue weighted by atomic mass is 16.6. The van der Waals surface area contributed by atoms with Gasteiger partial charge in [-0.05, 0) is 73.1 Å². The van der Waals surface area contributed by atoms with Gasteiger partial charge in [0.15, 0.2) is 0 Å². The van der Waals surface area contributed by atoms with E-state index >= 15 is 0 Å². The Morgan fingerprint density at radius 2 is 1.38 bits per heavy atom. The van der Waals surface area contributed by atoms with Crippen LogP contribution in [-0.4, -0.2) is 211 Å². The number of carbonyl (C=O) groups is 11. The van der Waals surface area contributed by atoms with Gasteiger partial charge in [0.1, 0.15) is 37.3 Å². The van der Waals surface area contributed by atoms with Crippen molar-refractivity contribution in [2.45, 2.75) is 155 Å². The number of primary amides is 1. The third-order valence-corrected chi connectivity index (χ3v) is 16.3. The Balaban J connectivity index is 1.38. The van der Waals surface area contributed by atoms with Crippen LogP contribution in [0.25, 0.3) is 0 Å².